The average molecular weight is 207 g/mol. The predicted molar refractivity (Wildman–Crippen MR) is 53.6 cm³/mol. The van der Waals surface area contributed by atoms with E-state index in [1.807, 2.05) is 0 Å². The van der Waals surface area contributed by atoms with Crippen LogP contribution in [0.3, 0.4) is 0 Å². The molecule has 0 amide bonds. The molecule has 80 valence electrons. The van der Waals surface area contributed by atoms with E-state index in [1.54, 1.807) is 24.5 Å². The number of aliphatic carboxylic acids is 1. The van der Waals surface area contributed by atoms with Gasteiger partial charge in [0.25, 0.3) is 0 Å². The summed E-state index contributed by atoms with van der Waals surface area (Å²) in [6.45, 7) is 0.666. The van der Waals surface area contributed by atoms with Crippen molar-refractivity contribution in [3.05, 3.63) is 30.1 Å². The minimum Gasteiger partial charge on any atom is -0.481 e. The molecule has 4 nitrogen and oxygen atoms in total. The maximum Gasteiger partial charge on any atom is 0.313 e. The largest absolute Gasteiger partial charge is 0.481 e. The highest BCUT2D eigenvalue weighted by Crippen LogP contribution is 2.28. The van der Waals surface area contributed by atoms with Crippen LogP contribution in [0.4, 0.5) is 0 Å². The van der Waals surface area contributed by atoms with Gasteiger partial charge in [-0.2, -0.15) is 0 Å². The Bertz CT molecular complexity index is 333. The highest BCUT2D eigenvalue weighted by Gasteiger charge is 2.32. The third-order valence-electron chi connectivity index (χ3n) is 2.67. The molecular weight excluding hydrogens is 194 g/mol. The van der Waals surface area contributed by atoms with Crippen molar-refractivity contribution in [1.29, 1.82) is 0 Å². The molecular formula is C11H13NO3. The first kappa shape index (κ1) is 10.1. The molecule has 0 spiro atoms. The molecule has 1 aliphatic rings. The van der Waals surface area contributed by atoms with E-state index in [2.05, 4.69) is 4.98 Å². The maximum atomic E-state index is 11.2. The summed E-state index contributed by atoms with van der Waals surface area (Å²) in [4.78, 5) is 15.1. The van der Waals surface area contributed by atoms with Crippen LogP contribution in [0.15, 0.2) is 24.5 Å². The summed E-state index contributed by atoms with van der Waals surface area (Å²) < 4.78 is 5.43. The topological polar surface area (TPSA) is 59.4 Å². The van der Waals surface area contributed by atoms with Crippen LogP contribution in [0, 0.1) is 0 Å². The summed E-state index contributed by atoms with van der Waals surface area (Å²) in [7, 11) is 0. The normalized spacial score (nSPS) is 22.5. The number of nitrogens with zero attached hydrogens (tertiary/aromatic N) is 1. The second kappa shape index (κ2) is 4.40. The molecule has 2 atom stereocenters. The van der Waals surface area contributed by atoms with Crippen LogP contribution >= 0.6 is 0 Å². The van der Waals surface area contributed by atoms with Crippen molar-refractivity contribution in [3.63, 3.8) is 0 Å². The van der Waals surface area contributed by atoms with Gasteiger partial charge >= 0.3 is 5.97 Å². The summed E-state index contributed by atoms with van der Waals surface area (Å²) in [5, 5.41) is 9.19. The van der Waals surface area contributed by atoms with E-state index >= 15 is 0 Å². The first-order chi connectivity index (χ1) is 7.29. The van der Waals surface area contributed by atoms with Crippen molar-refractivity contribution in [2.75, 3.05) is 6.61 Å². The summed E-state index contributed by atoms with van der Waals surface area (Å²) >= 11 is 0. The van der Waals surface area contributed by atoms with Crippen molar-refractivity contribution in [1.82, 2.24) is 4.98 Å². The Balaban J connectivity index is 2.23. The van der Waals surface area contributed by atoms with Crippen LogP contribution in [-0.4, -0.2) is 28.8 Å². The van der Waals surface area contributed by atoms with E-state index in [-0.39, 0.29) is 6.10 Å². The highest BCUT2D eigenvalue weighted by molar-refractivity contribution is 5.76. The fraction of sp³-hybridized carbons (Fsp3) is 0.455. The average Bonchev–Trinajstić information content (AvgIpc) is 2.72. The number of carbonyl (C=O) groups is 1. The second-order valence-corrected chi connectivity index (χ2v) is 3.65. The molecule has 0 radical (unpaired) electrons. The standard InChI is InChI=1S/C11H13NO3/c13-11(14)10(9-2-1-7-15-9)8-3-5-12-6-4-8/h3-6,9-10H,1-2,7H2,(H,13,14). The number of hydrogen-bond donors (Lipinski definition) is 1. The van der Waals surface area contributed by atoms with Gasteiger partial charge in [0.05, 0.1) is 6.10 Å². The first-order valence-electron chi connectivity index (χ1n) is 5.03. The van der Waals surface area contributed by atoms with E-state index in [4.69, 9.17) is 4.74 Å². The summed E-state index contributed by atoms with van der Waals surface area (Å²) in [6, 6.07) is 3.47. The van der Waals surface area contributed by atoms with Gasteiger partial charge in [0.1, 0.15) is 5.92 Å². The molecule has 1 saturated heterocycles. The van der Waals surface area contributed by atoms with Crippen molar-refractivity contribution >= 4 is 5.97 Å². The van der Waals surface area contributed by atoms with E-state index in [0.29, 0.717) is 6.61 Å². The molecule has 0 saturated carbocycles. The summed E-state index contributed by atoms with van der Waals surface area (Å²) in [5.41, 5.74) is 0.768. The van der Waals surface area contributed by atoms with Crippen LogP contribution in [0.1, 0.15) is 24.3 Å². The predicted octanol–water partition coefficient (Wildman–Crippen LogP) is 1.43. The van der Waals surface area contributed by atoms with Gasteiger partial charge in [-0.15, -0.1) is 0 Å². The molecule has 1 aromatic heterocycles. The van der Waals surface area contributed by atoms with Crippen LogP contribution < -0.4 is 0 Å². The highest BCUT2D eigenvalue weighted by atomic mass is 16.5. The lowest BCUT2D eigenvalue weighted by atomic mass is 9.93. The quantitative estimate of drug-likeness (QED) is 0.814. The van der Waals surface area contributed by atoms with Gasteiger partial charge < -0.3 is 9.84 Å². The number of hydrogen-bond acceptors (Lipinski definition) is 3. The number of carboxylic acid groups (broad SMARTS) is 1. The Morgan fingerprint density at radius 3 is 2.80 bits per heavy atom. The molecule has 2 heterocycles. The zero-order valence-corrected chi connectivity index (χ0v) is 8.30. The molecule has 15 heavy (non-hydrogen) atoms. The molecule has 0 aromatic carbocycles. The third kappa shape index (κ3) is 2.15. The summed E-state index contributed by atoms with van der Waals surface area (Å²) in [6.07, 6.45) is 4.80. The van der Waals surface area contributed by atoms with Gasteiger partial charge in [-0.1, -0.05) is 0 Å². The molecule has 2 rings (SSSR count). The molecule has 0 bridgehead atoms. The van der Waals surface area contributed by atoms with E-state index in [1.165, 1.54) is 0 Å². The third-order valence-corrected chi connectivity index (χ3v) is 2.67. The Hall–Kier alpha value is -1.42. The Morgan fingerprint density at radius 1 is 1.53 bits per heavy atom. The second-order valence-electron chi connectivity index (χ2n) is 3.65. The lowest BCUT2D eigenvalue weighted by Crippen LogP contribution is -2.25. The van der Waals surface area contributed by atoms with Crippen LogP contribution in [0.25, 0.3) is 0 Å². The minimum absolute atomic E-state index is 0.190. The fourth-order valence-corrected chi connectivity index (χ4v) is 1.95. The Labute approximate surface area is 87.9 Å². The minimum atomic E-state index is -0.826. The van der Waals surface area contributed by atoms with E-state index in [0.717, 1.165) is 18.4 Å². The molecule has 2 unspecified atom stereocenters. The molecule has 1 aromatic rings. The zero-order valence-electron chi connectivity index (χ0n) is 8.30. The molecule has 1 aliphatic heterocycles. The van der Waals surface area contributed by atoms with Crippen molar-refractivity contribution in [2.45, 2.75) is 24.9 Å². The number of rotatable bonds is 3. The first-order valence-corrected chi connectivity index (χ1v) is 5.03. The van der Waals surface area contributed by atoms with Crippen LogP contribution in [0.5, 0.6) is 0 Å². The lowest BCUT2D eigenvalue weighted by Gasteiger charge is -2.18. The monoisotopic (exact) mass is 207 g/mol. The van der Waals surface area contributed by atoms with Gasteiger partial charge in [0.2, 0.25) is 0 Å². The van der Waals surface area contributed by atoms with Crippen molar-refractivity contribution in [2.24, 2.45) is 0 Å². The maximum absolute atomic E-state index is 11.2. The number of pyridine rings is 1. The van der Waals surface area contributed by atoms with Crippen LogP contribution in [0.2, 0.25) is 0 Å². The molecule has 1 fully saturated rings. The van der Waals surface area contributed by atoms with Gasteiger partial charge in [-0.3, -0.25) is 9.78 Å². The van der Waals surface area contributed by atoms with Gasteiger partial charge in [-0.05, 0) is 30.5 Å². The lowest BCUT2D eigenvalue weighted by molar-refractivity contribution is -0.141. The molecule has 0 aliphatic carbocycles. The zero-order chi connectivity index (χ0) is 10.7. The van der Waals surface area contributed by atoms with Gasteiger partial charge in [0.15, 0.2) is 0 Å². The van der Waals surface area contributed by atoms with Gasteiger partial charge in [-0.25, -0.2) is 0 Å². The number of ether oxygens (including phenoxy) is 1. The fourth-order valence-electron chi connectivity index (χ4n) is 1.95. The molecule has 1 N–H and O–H groups in total. The van der Waals surface area contributed by atoms with Crippen molar-refractivity contribution in [3.8, 4) is 0 Å². The molecule has 4 heteroatoms. The summed E-state index contributed by atoms with van der Waals surface area (Å²) in [5.74, 6) is -1.39. The Morgan fingerprint density at radius 2 is 2.27 bits per heavy atom. The van der Waals surface area contributed by atoms with Crippen molar-refractivity contribution < 1.29 is 14.6 Å². The number of aromatic nitrogens is 1. The van der Waals surface area contributed by atoms with Gasteiger partial charge in [0, 0.05) is 19.0 Å². The van der Waals surface area contributed by atoms with E-state index < -0.39 is 11.9 Å². The number of carboxylic acids is 1. The van der Waals surface area contributed by atoms with Crippen LogP contribution in [-0.2, 0) is 9.53 Å². The van der Waals surface area contributed by atoms with E-state index in [9.17, 15) is 9.90 Å². The Kier molecular flexibility index (Phi) is 2.97. The smallest absolute Gasteiger partial charge is 0.313 e. The SMILES string of the molecule is O=C(O)C(c1ccncc1)C1CCCO1.